The van der Waals surface area contributed by atoms with Gasteiger partial charge in [0.15, 0.2) is 0 Å². The van der Waals surface area contributed by atoms with Gasteiger partial charge < -0.3 is 10.1 Å². The highest BCUT2D eigenvalue weighted by atomic mass is 16.4. The van der Waals surface area contributed by atoms with Crippen LogP contribution in [0.5, 0.6) is 0 Å². The van der Waals surface area contributed by atoms with Crippen LogP contribution in [0.15, 0.2) is 29.4 Å². The quantitative estimate of drug-likeness (QED) is 0.593. The first kappa shape index (κ1) is 10.0. The first-order chi connectivity index (χ1) is 7.36. The predicted octanol–water partition coefficient (Wildman–Crippen LogP) is 2.49. The summed E-state index contributed by atoms with van der Waals surface area (Å²) in [6.45, 7) is 4.19. The fourth-order valence-corrected chi connectivity index (χ4v) is 2.10. The van der Waals surface area contributed by atoms with Crippen molar-refractivity contribution in [2.24, 2.45) is 5.16 Å². The summed E-state index contributed by atoms with van der Waals surface area (Å²) >= 11 is 0. The van der Waals surface area contributed by atoms with Crippen LogP contribution in [0.4, 0.5) is 5.69 Å². The fraction of sp³-hybridized carbons (Fsp3) is 0.417. The molecule has 1 aliphatic rings. The molecule has 1 N–H and O–H groups in total. The van der Waals surface area contributed by atoms with Crippen LogP contribution in [-0.2, 0) is 0 Å². The van der Waals surface area contributed by atoms with E-state index in [0.717, 1.165) is 37.2 Å². The van der Waals surface area contributed by atoms with Crippen molar-refractivity contribution in [3.05, 3.63) is 29.8 Å². The van der Waals surface area contributed by atoms with Gasteiger partial charge in [-0.2, -0.15) is 0 Å². The second-order valence-electron chi connectivity index (χ2n) is 3.80. The molecular formula is C12H16N2O. The van der Waals surface area contributed by atoms with E-state index in [9.17, 15) is 0 Å². The minimum absolute atomic E-state index is 0.804. The smallest absolute Gasteiger partial charge is 0.0906 e. The van der Waals surface area contributed by atoms with Gasteiger partial charge in [-0.25, -0.2) is 0 Å². The van der Waals surface area contributed by atoms with E-state index < -0.39 is 0 Å². The van der Waals surface area contributed by atoms with Gasteiger partial charge in [-0.05, 0) is 12.5 Å². The number of nitrogens with zero attached hydrogens (tertiary/aromatic N) is 2. The van der Waals surface area contributed by atoms with Gasteiger partial charge >= 0.3 is 0 Å². The van der Waals surface area contributed by atoms with Crippen LogP contribution in [0, 0.1) is 0 Å². The fourth-order valence-electron chi connectivity index (χ4n) is 2.10. The molecule has 15 heavy (non-hydrogen) atoms. The molecule has 2 rings (SSSR count). The van der Waals surface area contributed by atoms with E-state index in [1.54, 1.807) is 0 Å². The minimum atomic E-state index is 0.804. The van der Waals surface area contributed by atoms with Crippen molar-refractivity contribution >= 4 is 11.4 Å². The van der Waals surface area contributed by atoms with Crippen LogP contribution < -0.4 is 4.90 Å². The molecule has 3 heteroatoms. The first-order valence-corrected chi connectivity index (χ1v) is 5.42. The summed E-state index contributed by atoms with van der Waals surface area (Å²) in [6, 6.07) is 8.13. The molecule has 0 bridgehead atoms. The molecule has 0 spiro atoms. The van der Waals surface area contributed by atoms with Crippen molar-refractivity contribution in [2.75, 3.05) is 18.0 Å². The Bertz CT molecular complexity index is 374. The summed E-state index contributed by atoms with van der Waals surface area (Å²) in [4.78, 5) is 2.35. The van der Waals surface area contributed by atoms with Crippen LogP contribution in [0.25, 0.3) is 0 Å². The Balaban J connectivity index is 2.39. The Morgan fingerprint density at radius 1 is 1.40 bits per heavy atom. The van der Waals surface area contributed by atoms with E-state index in [0.29, 0.717) is 0 Å². The third-order valence-corrected chi connectivity index (χ3v) is 2.79. The van der Waals surface area contributed by atoms with Crippen molar-refractivity contribution in [2.45, 2.75) is 19.8 Å². The van der Waals surface area contributed by atoms with Crippen LogP contribution in [0.3, 0.4) is 0 Å². The molecule has 0 aliphatic carbocycles. The molecule has 1 heterocycles. The average molecular weight is 204 g/mol. The molecule has 0 aromatic heterocycles. The maximum atomic E-state index is 8.92. The predicted molar refractivity (Wildman–Crippen MR) is 61.9 cm³/mol. The number of benzene rings is 1. The van der Waals surface area contributed by atoms with Crippen molar-refractivity contribution in [1.82, 2.24) is 0 Å². The molecule has 0 radical (unpaired) electrons. The topological polar surface area (TPSA) is 35.8 Å². The molecule has 0 saturated carbocycles. The lowest BCUT2D eigenvalue weighted by molar-refractivity contribution is 0.317. The Hall–Kier alpha value is -1.51. The molecular weight excluding hydrogens is 188 g/mol. The molecule has 0 amide bonds. The Morgan fingerprint density at radius 2 is 2.20 bits per heavy atom. The number of anilines is 1. The van der Waals surface area contributed by atoms with E-state index in [2.05, 4.69) is 23.0 Å². The van der Waals surface area contributed by atoms with Crippen LogP contribution in [0.2, 0.25) is 0 Å². The number of hydrogen-bond donors (Lipinski definition) is 1. The summed E-state index contributed by atoms with van der Waals surface area (Å²) in [7, 11) is 0. The van der Waals surface area contributed by atoms with Crippen molar-refractivity contribution in [3.63, 3.8) is 0 Å². The first-order valence-electron chi connectivity index (χ1n) is 5.42. The highest BCUT2D eigenvalue weighted by Gasteiger charge is 2.20. The second-order valence-corrected chi connectivity index (χ2v) is 3.80. The molecule has 0 atom stereocenters. The van der Waals surface area contributed by atoms with Gasteiger partial charge in [0.2, 0.25) is 0 Å². The molecule has 3 nitrogen and oxygen atoms in total. The molecule has 0 unspecified atom stereocenters. The Labute approximate surface area is 90.0 Å². The second kappa shape index (κ2) is 4.34. The summed E-state index contributed by atoms with van der Waals surface area (Å²) in [5, 5.41) is 12.3. The summed E-state index contributed by atoms with van der Waals surface area (Å²) in [5.41, 5.74) is 3.07. The van der Waals surface area contributed by atoms with Crippen molar-refractivity contribution in [3.8, 4) is 0 Å². The standard InChI is InChI=1S/C12H16N2O/c1-2-8-14-9-7-11(13-15)10-5-3-4-6-12(10)14/h3-6,15H,2,7-9H2,1H3. The van der Waals surface area contributed by atoms with Crippen molar-refractivity contribution < 1.29 is 5.21 Å². The lowest BCUT2D eigenvalue weighted by atomic mass is 9.99. The van der Waals surface area contributed by atoms with Crippen LogP contribution in [-0.4, -0.2) is 24.0 Å². The Morgan fingerprint density at radius 3 is 2.93 bits per heavy atom. The van der Waals surface area contributed by atoms with E-state index in [-0.39, 0.29) is 0 Å². The van der Waals surface area contributed by atoms with Gasteiger partial charge in [-0.15, -0.1) is 0 Å². The number of oxime groups is 1. The van der Waals surface area contributed by atoms with Gasteiger partial charge in [-0.1, -0.05) is 30.3 Å². The number of para-hydroxylation sites is 1. The molecule has 1 aromatic carbocycles. The van der Waals surface area contributed by atoms with Gasteiger partial charge in [0.1, 0.15) is 0 Å². The molecule has 80 valence electrons. The maximum absolute atomic E-state index is 8.92. The number of hydrogen-bond acceptors (Lipinski definition) is 3. The monoisotopic (exact) mass is 204 g/mol. The van der Waals surface area contributed by atoms with E-state index in [1.807, 2.05) is 18.2 Å². The zero-order valence-electron chi connectivity index (χ0n) is 8.98. The van der Waals surface area contributed by atoms with Gasteiger partial charge in [0.05, 0.1) is 5.71 Å². The zero-order chi connectivity index (χ0) is 10.7. The molecule has 1 aliphatic heterocycles. The van der Waals surface area contributed by atoms with Gasteiger partial charge in [-0.3, -0.25) is 0 Å². The molecule has 1 aromatic rings. The lowest BCUT2D eigenvalue weighted by Crippen LogP contribution is -2.32. The highest BCUT2D eigenvalue weighted by Crippen LogP contribution is 2.27. The third kappa shape index (κ3) is 1.82. The number of fused-ring (bicyclic) bond motifs is 1. The van der Waals surface area contributed by atoms with Gasteiger partial charge in [0, 0.05) is 30.8 Å². The summed E-state index contributed by atoms with van der Waals surface area (Å²) < 4.78 is 0. The van der Waals surface area contributed by atoms with Gasteiger partial charge in [0.25, 0.3) is 0 Å². The van der Waals surface area contributed by atoms with E-state index in [1.165, 1.54) is 5.69 Å². The van der Waals surface area contributed by atoms with E-state index >= 15 is 0 Å². The minimum Gasteiger partial charge on any atom is -0.411 e. The SMILES string of the molecule is CCCN1CCC(=NO)c2ccccc21. The lowest BCUT2D eigenvalue weighted by Gasteiger charge is -2.31. The molecule has 0 fully saturated rings. The Kier molecular flexibility index (Phi) is 2.90. The maximum Gasteiger partial charge on any atom is 0.0906 e. The number of rotatable bonds is 2. The van der Waals surface area contributed by atoms with Crippen LogP contribution in [0.1, 0.15) is 25.3 Å². The summed E-state index contributed by atoms with van der Waals surface area (Å²) in [6.07, 6.45) is 1.97. The highest BCUT2D eigenvalue weighted by molar-refractivity contribution is 6.06. The van der Waals surface area contributed by atoms with Crippen LogP contribution >= 0.6 is 0 Å². The third-order valence-electron chi connectivity index (χ3n) is 2.79. The average Bonchev–Trinajstić information content (AvgIpc) is 2.30. The van der Waals surface area contributed by atoms with E-state index in [4.69, 9.17) is 5.21 Å². The molecule has 0 saturated heterocycles. The van der Waals surface area contributed by atoms with Crippen molar-refractivity contribution in [1.29, 1.82) is 0 Å². The zero-order valence-corrected chi connectivity index (χ0v) is 8.98. The largest absolute Gasteiger partial charge is 0.411 e. The normalized spacial score (nSPS) is 17.9. The summed E-state index contributed by atoms with van der Waals surface area (Å²) in [5.74, 6) is 0.